The third-order valence-electron chi connectivity index (χ3n) is 7.48. The van der Waals surface area contributed by atoms with E-state index in [4.69, 9.17) is 15.0 Å². The van der Waals surface area contributed by atoms with Crippen LogP contribution in [-0.2, 0) is 16.4 Å². The minimum Gasteiger partial charge on any atom is -0.438 e. The Morgan fingerprint density at radius 3 is 2.21 bits per heavy atom. The van der Waals surface area contributed by atoms with Gasteiger partial charge in [0.15, 0.2) is 9.84 Å². The predicted octanol–water partition coefficient (Wildman–Crippen LogP) is 6.29. The zero-order valence-electron chi connectivity index (χ0n) is 24.9. The summed E-state index contributed by atoms with van der Waals surface area (Å²) in [6, 6.07) is 22.6. The number of sulfone groups is 1. The second kappa shape index (κ2) is 12.8. The molecule has 0 atom stereocenters. The average molecular weight is 597 g/mol. The molecule has 0 aliphatic carbocycles. The van der Waals surface area contributed by atoms with Crippen LogP contribution in [0.3, 0.4) is 0 Å². The van der Waals surface area contributed by atoms with Crippen LogP contribution in [-0.4, -0.2) is 48.7 Å². The number of benzene rings is 3. The highest BCUT2D eigenvalue weighted by Gasteiger charge is 2.21. The van der Waals surface area contributed by atoms with Gasteiger partial charge in [0.2, 0.25) is 11.8 Å². The molecule has 222 valence electrons. The number of nitrogens with zero attached hydrogens (tertiary/aromatic N) is 4. The molecule has 2 heterocycles. The summed E-state index contributed by atoms with van der Waals surface area (Å²) < 4.78 is 29.9. The number of nitrogens with one attached hydrogen (secondary N) is 2. The molecule has 1 aliphatic rings. The van der Waals surface area contributed by atoms with E-state index >= 15 is 0 Å². The largest absolute Gasteiger partial charge is 0.438 e. The zero-order valence-corrected chi connectivity index (χ0v) is 25.7. The van der Waals surface area contributed by atoms with Crippen LogP contribution in [0, 0.1) is 32.1 Å². The van der Waals surface area contributed by atoms with E-state index in [0.29, 0.717) is 28.1 Å². The maximum absolute atomic E-state index is 11.8. The number of hydrogen-bond donors (Lipinski definition) is 2. The first-order valence-corrected chi connectivity index (χ1v) is 16.1. The van der Waals surface area contributed by atoms with Gasteiger partial charge in [-0.3, -0.25) is 4.90 Å². The van der Waals surface area contributed by atoms with Crippen molar-refractivity contribution in [3.05, 3.63) is 94.5 Å². The van der Waals surface area contributed by atoms with E-state index in [1.807, 2.05) is 44.2 Å². The Labute approximate surface area is 253 Å². The van der Waals surface area contributed by atoms with Crippen LogP contribution in [0.15, 0.2) is 71.6 Å². The highest BCUT2D eigenvalue weighted by Crippen LogP contribution is 2.31. The molecule has 3 aromatic carbocycles. The van der Waals surface area contributed by atoms with Crippen molar-refractivity contribution in [1.29, 1.82) is 5.26 Å². The zero-order chi connectivity index (χ0) is 30.6. The van der Waals surface area contributed by atoms with Gasteiger partial charge < -0.3 is 15.4 Å². The van der Waals surface area contributed by atoms with E-state index in [2.05, 4.69) is 45.6 Å². The Kier molecular flexibility index (Phi) is 8.94. The Morgan fingerprint density at radius 1 is 0.953 bits per heavy atom. The van der Waals surface area contributed by atoms with Crippen LogP contribution in [0.25, 0.3) is 0 Å². The smallest absolute Gasteiger partial charge is 0.232 e. The lowest BCUT2D eigenvalue weighted by Crippen LogP contribution is -2.38. The summed E-state index contributed by atoms with van der Waals surface area (Å²) in [6.07, 6.45) is 3.08. The number of ether oxygens (including phenoxy) is 1. The van der Waals surface area contributed by atoms with Crippen molar-refractivity contribution < 1.29 is 13.2 Å². The molecule has 4 aromatic rings. The Bertz CT molecular complexity index is 1720. The van der Waals surface area contributed by atoms with Crippen LogP contribution in [0.2, 0.25) is 0 Å². The average Bonchev–Trinajstić information content (AvgIpc) is 2.96. The summed E-state index contributed by atoms with van der Waals surface area (Å²) in [7, 11) is -3.20. The van der Waals surface area contributed by atoms with E-state index in [1.165, 1.54) is 11.8 Å². The predicted molar refractivity (Wildman–Crippen MR) is 169 cm³/mol. The van der Waals surface area contributed by atoms with Crippen molar-refractivity contribution >= 4 is 27.3 Å². The van der Waals surface area contributed by atoms with E-state index in [-0.39, 0.29) is 6.04 Å². The summed E-state index contributed by atoms with van der Waals surface area (Å²) in [6.45, 7) is 8.70. The molecular weight excluding hydrogens is 560 g/mol. The Hall–Kier alpha value is -4.46. The van der Waals surface area contributed by atoms with Crippen molar-refractivity contribution in [3.63, 3.8) is 0 Å². The number of aromatic nitrogens is 2. The van der Waals surface area contributed by atoms with Gasteiger partial charge >= 0.3 is 0 Å². The Morgan fingerprint density at radius 2 is 1.60 bits per heavy atom. The molecule has 0 unspecified atom stereocenters. The fourth-order valence-corrected chi connectivity index (χ4v) is 5.97. The first-order chi connectivity index (χ1) is 20.6. The lowest BCUT2D eigenvalue weighted by molar-refractivity contribution is 0.211. The summed E-state index contributed by atoms with van der Waals surface area (Å²) in [5.41, 5.74) is 5.68. The second-order valence-electron chi connectivity index (χ2n) is 11.2. The highest BCUT2D eigenvalue weighted by atomic mass is 32.2. The van der Waals surface area contributed by atoms with Gasteiger partial charge in [0.1, 0.15) is 11.6 Å². The molecule has 1 aliphatic heterocycles. The molecule has 0 amide bonds. The topological polar surface area (TPSA) is 120 Å². The summed E-state index contributed by atoms with van der Waals surface area (Å²) in [5, 5.41) is 16.0. The van der Waals surface area contributed by atoms with Gasteiger partial charge in [0, 0.05) is 43.7 Å². The lowest BCUT2D eigenvalue weighted by atomic mass is 10.0. The summed E-state index contributed by atoms with van der Waals surface area (Å²) >= 11 is 0. The first kappa shape index (κ1) is 30.0. The molecule has 43 heavy (non-hydrogen) atoms. The summed E-state index contributed by atoms with van der Waals surface area (Å²) in [5.74, 6) is 2.26. The number of rotatable bonds is 9. The summed E-state index contributed by atoms with van der Waals surface area (Å²) in [4.78, 5) is 12.1. The minimum atomic E-state index is -3.20. The molecule has 2 N–H and O–H groups in total. The van der Waals surface area contributed by atoms with Crippen molar-refractivity contribution in [2.24, 2.45) is 0 Å². The standard InChI is InChI=1S/C33H36N6O3S/c1-22-17-23(2)32(24(3)18-22)42-31-19-30(37-33(38-31)36-27-9-5-25(20-34)6-10-27)35-28-13-15-39(16-14-28)21-26-7-11-29(12-8-26)43(4,40)41/h5-12,17-19,28H,13-16,21H2,1-4H3,(H2,35,36,37,38). The van der Waals surface area contributed by atoms with Crippen LogP contribution >= 0.6 is 0 Å². The molecule has 0 bridgehead atoms. The molecule has 10 heteroatoms. The maximum Gasteiger partial charge on any atom is 0.232 e. The molecule has 5 rings (SSSR count). The number of aryl methyl sites for hydroxylation is 3. The van der Waals surface area contributed by atoms with Crippen molar-refractivity contribution in [2.75, 3.05) is 30.0 Å². The molecule has 0 saturated carbocycles. The van der Waals surface area contributed by atoms with Crippen molar-refractivity contribution in [1.82, 2.24) is 14.9 Å². The number of anilines is 3. The monoisotopic (exact) mass is 596 g/mol. The van der Waals surface area contributed by atoms with Gasteiger partial charge in [-0.15, -0.1) is 0 Å². The van der Waals surface area contributed by atoms with Gasteiger partial charge in [-0.2, -0.15) is 15.2 Å². The highest BCUT2D eigenvalue weighted by molar-refractivity contribution is 7.90. The van der Waals surface area contributed by atoms with E-state index < -0.39 is 9.84 Å². The number of nitriles is 1. The molecule has 9 nitrogen and oxygen atoms in total. The molecular formula is C33H36N6O3S. The third-order valence-corrected chi connectivity index (χ3v) is 8.61. The SMILES string of the molecule is Cc1cc(C)c(Oc2cc(NC3CCN(Cc4ccc(S(C)(=O)=O)cc4)CC3)nc(Nc3ccc(C#N)cc3)n2)c(C)c1. The van der Waals surface area contributed by atoms with E-state index in [9.17, 15) is 8.42 Å². The van der Waals surface area contributed by atoms with E-state index in [1.54, 1.807) is 24.3 Å². The van der Waals surface area contributed by atoms with Crippen LogP contribution in [0.1, 0.15) is 40.7 Å². The quantitative estimate of drug-likeness (QED) is 0.230. The molecule has 1 aromatic heterocycles. The number of hydrogen-bond acceptors (Lipinski definition) is 9. The minimum absolute atomic E-state index is 0.220. The van der Waals surface area contributed by atoms with Crippen LogP contribution < -0.4 is 15.4 Å². The fraction of sp³-hybridized carbons (Fsp3) is 0.303. The second-order valence-corrected chi connectivity index (χ2v) is 13.2. The van der Waals surface area contributed by atoms with Gasteiger partial charge in [0.25, 0.3) is 0 Å². The fourth-order valence-electron chi connectivity index (χ4n) is 5.34. The Balaban J connectivity index is 1.29. The third kappa shape index (κ3) is 7.89. The van der Waals surface area contributed by atoms with Gasteiger partial charge in [-0.05, 0) is 86.7 Å². The van der Waals surface area contributed by atoms with Crippen molar-refractivity contribution in [2.45, 2.75) is 51.1 Å². The van der Waals surface area contributed by atoms with E-state index in [0.717, 1.165) is 60.6 Å². The lowest BCUT2D eigenvalue weighted by Gasteiger charge is -2.32. The molecule has 0 radical (unpaired) electrons. The normalized spacial score (nSPS) is 14.2. The van der Waals surface area contributed by atoms with Gasteiger partial charge in [-0.25, -0.2) is 8.42 Å². The number of piperidine rings is 1. The maximum atomic E-state index is 11.8. The van der Waals surface area contributed by atoms with Crippen LogP contribution in [0.5, 0.6) is 11.6 Å². The van der Waals surface area contributed by atoms with Crippen LogP contribution in [0.4, 0.5) is 17.5 Å². The number of likely N-dealkylation sites (tertiary alicyclic amines) is 1. The molecule has 0 spiro atoms. The van der Waals surface area contributed by atoms with Crippen molar-refractivity contribution in [3.8, 4) is 17.7 Å². The van der Waals surface area contributed by atoms with Gasteiger partial charge in [-0.1, -0.05) is 29.8 Å². The molecule has 1 fully saturated rings. The van der Waals surface area contributed by atoms with Gasteiger partial charge in [0.05, 0.1) is 16.5 Å². The molecule has 1 saturated heterocycles. The first-order valence-electron chi connectivity index (χ1n) is 14.3.